The first kappa shape index (κ1) is 27.0. The fraction of sp³-hybridized carbons (Fsp3) is 0.250. The van der Waals surface area contributed by atoms with E-state index in [1.54, 1.807) is 0 Å². The Kier molecular flexibility index (Phi) is 7.49. The number of nitrogens with one attached hydrogen (secondary N) is 1. The van der Waals surface area contributed by atoms with E-state index in [0.717, 1.165) is 64.2 Å². The van der Waals surface area contributed by atoms with Crippen LogP contribution in [0.5, 0.6) is 0 Å². The zero-order valence-electron chi connectivity index (χ0n) is 17.0. The van der Waals surface area contributed by atoms with Crippen LogP contribution in [0, 0.1) is 24.4 Å². The lowest BCUT2D eigenvalue weighted by molar-refractivity contribution is -0.0626. The van der Waals surface area contributed by atoms with E-state index in [-0.39, 0.29) is 5.56 Å². The molecule has 0 fully saturated rings. The van der Waals surface area contributed by atoms with Gasteiger partial charge in [-0.05, 0) is 82.8 Å². The molecule has 1 amide bonds. The van der Waals surface area contributed by atoms with Crippen LogP contribution in [-0.4, -0.2) is 29.1 Å². The molecule has 14 heteroatoms. The molecule has 34 heavy (non-hydrogen) atoms. The second-order valence-corrected chi connectivity index (χ2v) is 12.7. The van der Waals surface area contributed by atoms with Crippen molar-refractivity contribution in [1.29, 1.82) is 0 Å². The molecular weight excluding hydrogens is 717 g/mol. The van der Waals surface area contributed by atoms with E-state index in [4.69, 9.17) is 11.6 Å². The standard InChI is InChI=1S/C20H12ClF6I2N3O2/c1-7-3-11(22)14(12(23)4-7)32-6-10(15(33)9-5-13(24)16(21)31-17(9)32)18(34)30-8(2)19(25,26)20(27,28)29/h3-6,8H,1-2H3,(H,30,34). The fourth-order valence-electron chi connectivity index (χ4n) is 3.07. The van der Waals surface area contributed by atoms with E-state index >= 15 is 0 Å². The van der Waals surface area contributed by atoms with Gasteiger partial charge in [0.15, 0.2) is 28.3 Å². The van der Waals surface area contributed by atoms with Gasteiger partial charge < -0.3 is 5.32 Å². The molecule has 1 unspecified atom stereocenters. The van der Waals surface area contributed by atoms with Crippen LogP contribution < -0.4 is 10.7 Å². The SMILES string of the molecule is Cc1cc(F)c(-n2cc(C(=O)NC(C)C(F)(F)C(F)(I)I)c(=O)c3cc(F)c(Cl)nc32)c(F)c1. The number of halogens is 9. The molecule has 0 bridgehead atoms. The summed E-state index contributed by atoms with van der Waals surface area (Å²) in [6.45, 7) is 2.22. The van der Waals surface area contributed by atoms with Crippen molar-refractivity contribution < 1.29 is 31.1 Å². The van der Waals surface area contributed by atoms with Crippen LogP contribution in [-0.2, 0) is 0 Å². The van der Waals surface area contributed by atoms with Crippen molar-refractivity contribution in [1.82, 2.24) is 14.9 Å². The highest BCUT2D eigenvalue weighted by molar-refractivity contribution is 14.2. The van der Waals surface area contributed by atoms with Gasteiger partial charge in [0, 0.05) is 6.20 Å². The largest absolute Gasteiger partial charge is 0.343 e. The maximum absolute atomic E-state index is 14.7. The molecule has 3 rings (SSSR count). The highest BCUT2D eigenvalue weighted by atomic mass is 127. The van der Waals surface area contributed by atoms with Crippen molar-refractivity contribution >= 4 is 73.7 Å². The number of carbonyl (C=O) groups excluding carboxylic acids is 1. The van der Waals surface area contributed by atoms with E-state index in [1.165, 1.54) is 6.92 Å². The van der Waals surface area contributed by atoms with Gasteiger partial charge >= 0.3 is 5.92 Å². The number of alkyl halides is 5. The summed E-state index contributed by atoms with van der Waals surface area (Å²) in [6, 6.07) is 0.412. The molecule has 5 nitrogen and oxygen atoms in total. The zero-order valence-corrected chi connectivity index (χ0v) is 22.1. The van der Waals surface area contributed by atoms with Crippen LogP contribution in [0.25, 0.3) is 16.7 Å². The molecule has 0 aliphatic heterocycles. The molecule has 2 aromatic heterocycles. The number of amides is 1. The Morgan fingerprint density at radius 1 is 1.12 bits per heavy atom. The summed E-state index contributed by atoms with van der Waals surface area (Å²) in [6.07, 6.45) is 0.666. The molecule has 0 radical (unpaired) electrons. The van der Waals surface area contributed by atoms with Crippen molar-refractivity contribution in [3.63, 3.8) is 0 Å². The molecule has 2 heterocycles. The highest BCUT2D eigenvalue weighted by Crippen LogP contribution is 2.46. The first-order valence-electron chi connectivity index (χ1n) is 9.19. The Morgan fingerprint density at radius 3 is 2.21 bits per heavy atom. The van der Waals surface area contributed by atoms with Gasteiger partial charge in [-0.2, -0.15) is 8.78 Å². The van der Waals surface area contributed by atoms with Crippen molar-refractivity contribution in [2.24, 2.45) is 0 Å². The predicted octanol–water partition coefficient (Wildman–Crippen LogP) is 6.01. The average molecular weight is 730 g/mol. The van der Waals surface area contributed by atoms with Crippen molar-refractivity contribution in [3.8, 4) is 5.69 Å². The molecular formula is C20H12ClF6I2N3O2. The van der Waals surface area contributed by atoms with E-state index in [0.29, 0.717) is 16.8 Å². The number of hydrogen-bond donors (Lipinski definition) is 1. The molecule has 182 valence electrons. The second kappa shape index (κ2) is 9.44. The summed E-state index contributed by atoms with van der Waals surface area (Å²) in [5.74, 6) is -8.89. The molecule has 1 atom stereocenters. The lowest BCUT2D eigenvalue weighted by Crippen LogP contribution is -2.53. The van der Waals surface area contributed by atoms with Crippen LogP contribution in [0.4, 0.5) is 26.3 Å². The average Bonchev–Trinajstić information content (AvgIpc) is 2.69. The number of nitrogens with zero attached hydrogens (tertiary/aromatic N) is 2. The fourth-order valence-corrected chi connectivity index (χ4v) is 4.14. The summed E-state index contributed by atoms with van der Waals surface area (Å²) in [7, 11) is 0. The molecule has 0 spiro atoms. The number of benzene rings is 1. The number of rotatable bonds is 5. The minimum absolute atomic E-state index is 0.211. The van der Waals surface area contributed by atoms with E-state index in [9.17, 15) is 35.9 Å². The van der Waals surface area contributed by atoms with Gasteiger partial charge in [-0.3, -0.25) is 14.2 Å². The lowest BCUT2D eigenvalue weighted by atomic mass is 10.1. The number of fused-ring (bicyclic) bond motifs is 1. The summed E-state index contributed by atoms with van der Waals surface area (Å²) in [4.78, 5) is 29.3. The smallest absolute Gasteiger partial charge is 0.318 e. The summed E-state index contributed by atoms with van der Waals surface area (Å²) in [5, 5.41) is 0.491. The van der Waals surface area contributed by atoms with Gasteiger partial charge in [0.05, 0.1) is 11.4 Å². The Bertz CT molecular complexity index is 1350. The van der Waals surface area contributed by atoms with Crippen molar-refractivity contribution in [2.45, 2.75) is 27.5 Å². The van der Waals surface area contributed by atoms with Gasteiger partial charge in [-0.25, -0.2) is 22.5 Å². The van der Waals surface area contributed by atoms with Crippen LogP contribution in [0.15, 0.2) is 29.2 Å². The lowest BCUT2D eigenvalue weighted by Gasteiger charge is -2.29. The Hall–Kier alpha value is -1.62. The highest BCUT2D eigenvalue weighted by Gasteiger charge is 2.55. The molecule has 1 N–H and O–H groups in total. The number of carbonyl (C=O) groups is 1. The molecule has 1 aromatic carbocycles. The maximum atomic E-state index is 14.7. The quantitative estimate of drug-likeness (QED) is 0.152. The Morgan fingerprint density at radius 2 is 1.68 bits per heavy atom. The Labute approximate surface area is 220 Å². The van der Waals surface area contributed by atoms with E-state index in [1.807, 2.05) is 5.32 Å². The third-order valence-electron chi connectivity index (χ3n) is 4.80. The number of aryl methyl sites for hydroxylation is 1. The van der Waals surface area contributed by atoms with Gasteiger partial charge in [-0.1, -0.05) is 11.6 Å². The zero-order chi connectivity index (χ0) is 25.7. The Balaban J connectivity index is 2.28. The summed E-state index contributed by atoms with van der Waals surface area (Å²) >= 11 is 7.38. The van der Waals surface area contributed by atoms with Crippen LogP contribution in [0.1, 0.15) is 22.8 Å². The second-order valence-electron chi connectivity index (χ2n) is 7.27. The minimum atomic E-state index is -4.07. The number of pyridine rings is 2. The predicted molar refractivity (Wildman–Crippen MR) is 131 cm³/mol. The van der Waals surface area contributed by atoms with Gasteiger partial charge in [0.1, 0.15) is 11.3 Å². The summed E-state index contributed by atoms with van der Waals surface area (Å²) < 4.78 is 83.5. The molecule has 3 aromatic rings. The normalized spacial score (nSPS) is 13.3. The first-order chi connectivity index (χ1) is 15.6. The molecule has 0 aliphatic rings. The topological polar surface area (TPSA) is 64.0 Å². The monoisotopic (exact) mass is 729 g/mol. The van der Waals surface area contributed by atoms with Crippen molar-refractivity contribution in [3.05, 3.63) is 68.4 Å². The minimum Gasteiger partial charge on any atom is -0.343 e. The van der Waals surface area contributed by atoms with Gasteiger partial charge in [0.2, 0.25) is 5.43 Å². The van der Waals surface area contributed by atoms with Crippen LogP contribution >= 0.6 is 56.8 Å². The third kappa shape index (κ3) is 4.87. The van der Waals surface area contributed by atoms with Crippen LogP contribution in [0.2, 0.25) is 5.15 Å². The van der Waals surface area contributed by atoms with Gasteiger partial charge in [-0.15, -0.1) is 0 Å². The first-order valence-corrected chi connectivity index (χ1v) is 11.7. The van der Waals surface area contributed by atoms with Crippen LogP contribution in [0.3, 0.4) is 0 Å². The molecule has 0 aliphatic carbocycles. The van der Waals surface area contributed by atoms with E-state index in [2.05, 4.69) is 4.98 Å². The summed E-state index contributed by atoms with van der Waals surface area (Å²) in [5.41, 5.74) is -3.10. The molecule has 0 saturated carbocycles. The maximum Gasteiger partial charge on any atom is 0.318 e. The molecule has 0 saturated heterocycles. The van der Waals surface area contributed by atoms with Crippen molar-refractivity contribution in [2.75, 3.05) is 0 Å². The number of aromatic nitrogens is 2. The number of hydrogen-bond acceptors (Lipinski definition) is 3. The third-order valence-corrected chi connectivity index (χ3v) is 6.51. The van der Waals surface area contributed by atoms with E-state index < -0.39 is 69.9 Å². The van der Waals surface area contributed by atoms with Gasteiger partial charge in [0.25, 0.3) is 7.59 Å².